The molecule has 0 bridgehead atoms. The fourth-order valence-electron chi connectivity index (χ4n) is 5.63. The molecule has 0 amide bonds. The number of likely N-dealkylation sites (tertiary alicyclic amines) is 1. The summed E-state index contributed by atoms with van der Waals surface area (Å²) in [7, 11) is -3.46. The molecule has 0 unspecified atom stereocenters. The first-order valence-electron chi connectivity index (χ1n) is 11.9. The smallest absolute Gasteiger partial charge is 0.265 e. The Morgan fingerprint density at radius 2 is 1.70 bits per heavy atom. The monoisotopic (exact) mass is 459 g/mol. The summed E-state index contributed by atoms with van der Waals surface area (Å²) in [5, 5.41) is 3.21. The lowest BCUT2D eigenvalue weighted by molar-refractivity contribution is 0.184. The van der Waals surface area contributed by atoms with E-state index in [1.54, 1.807) is 10.4 Å². The molecule has 0 saturated carbocycles. The molecule has 0 radical (unpaired) electrons. The van der Waals surface area contributed by atoms with Gasteiger partial charge in [0.25, 0.3) is 10.0 Å². The lowest BCUT2D eigenvalue weighted by Gasteiger charge is -2.33. The Kier molecular flexibility index (Phi) is 5.15. The van der Waals surface area contributed by atoms with Gasteiger partial charge in [0.2, 0.25) is 0 Å². The Hall–Kier alpha value is -2.83. The van der Waals surface area contributed by atoms with Crippen LogP contribution in [-0.4, -0.2) is 44.5 Å². The van der Waals surface area contributed by atoms with Crippen LogP contribution in [0.25, 0.3) is 21.7 Å². The molecule has 3 heterocycles. The van der Waals surface area contributed by atoms with Gasteiger partial charge in [-0.15, -0.1) is 0 Å². The molecule has 2 aliphatic heterocycles. The van der Waals surface area contributed by atoms with E-state index in [0.717, 1.165) is 48.4 Å². The van der Waals surface area contributed by atoms with Crippen LogP contribution in [0.3, 0.4) is 0 Å². The van der Waals surface area contributed by atoms with Gasteiger partial charge in [-0.1, -0.05) is 42.5 Å². The van der Waals surface area contributed by atoms with Crippen LogP contribution in [0.1, 0.15) is 24.8 Å². The number of aryl methyl sites for hydroxylation is 1. The van der Waals surface area contributed by atoms with Crippen molar-refractivity contribution in [2.45, 2.75) is 30.6 Å². The maximum Gasteiger partial charge on any atom is 0.265 e. The zero-order chi connectivity index (χ0) is 22.4. The van der Waals surface area contributed by atoms with E-state index < -0.39 is 10.0 Å². The minimum Gasteiger partial charge on any atom is -0.361 e. The number of H-pyrrole nitrogens is 1. The Morgan fingerprint density at radius 1 is 0.909 bits per heavy atom. The van der Waals surface area contributed by atoms with Gasteiger partial charge in [0.1, 0.15) is 0 Å². The molecule has 2 aliphatic rings. The zero-order valence-electron chi connectivity index (χ0n) is 18.7. The summed E-state index contributed by atoms with van der Waals surface area (Å²) in [6, 6.07) is 20.0. The average molecular weight is 460 g/mol. The number of aromatic amines is 1. The number of nitrogens with zero attached hydrogens (tertiary/aromatic N) is 2. The lowest BCUT2D eigenvalue weighted by atomic mass is 9.90. The molecule has 4 aromatic rings. The largest absolute Gasteiger partial charge is 0.361 e. The number of nitrogens with one attached hydrogen (secondary N) is 1. The molecule has 33 heavy (non-hydrogen) atoms. The number of sulfonamides is 1. The predicted molar refractivity (Wildman–Crippen MR) is 134 cm³/mol. The summed E-state index contributed by atoms with van der Waals surface area (Å²) in [5.74, 6) is 0.739. The summed E-state index contributed by atoms with van der Waals surface area (Å²) in [5.41, 5.74) is 3.47. The van der Waals surface area contributed by atoms with Crippen LogP contribution in [0.4, 0.5) is 5.69 Å². The zero-order valence-corrected chi connectivity index (χ0v) is 19.5. The van der Waals surface area contributed by atoms with Gasteiger partial charge in [-0.3, -0.25) is 4.31 Å². The molecular formula is C27H29N3O2S. The highest BCUT2D eigenvalue weighted by atomic mass is 32.2. The first-order valence-corrected chi connectivity index (χ1v) is 13.4. The number of benzene rings is 3. The highest BCUT2D eigenvalue weighted by molar-refractivity contribution is 7.93. The van der Waals surface area contributed by atoms with E-state index in [1.165, 1.54) is 35.7 Å². The molecule has 1 fully saturated rings. The van der Waals surface area contributed by atoms with E-state index in [2.05, 4.69) is 40.3 Å². The van der Waals surface area contributed by atoms with Crippen molar-refractivity contribution < 1.29 is 8.42 Å². The summed E-state index contributed by atoms with van der Waals surface area (Å²) >= 11 is 0. The van der Waals surface area contributed by atoms with Crippen LogP contribution >= 0.6 is 0 Å². The van der Waals surface area contributed by atoms with Crippen LogP contribution in [0.5, 0.6) is 0 Å². The summed E-state index contributed by atoms with van der Waals surface area (Å²) < 4.78 is 28.0. The quantitative estimate of drug-likeness (QED) is 0.433. The first kappa shape index (κ1) is 20.8. The number of fused-ring (bicyclic) bond motifs is 1. The fraction of sp³-hybridized carbons (Fsp3) is 0.333. The second-order valence-corrected chi connectivity index (χ2v) is 11.2. The number of piperidine rings is 1. The Morgan fingerprint density at radius 3 is 2.55 bits per heavy atom. The molecule has 1 saturated heterocycles. The summed E-state index contributed by atoms with van der Waals surface area (Å²) in [6.45, 7) is 3.38. The van der Waals surface area contributed by atoms with Crippen molar-refractivity contribution in [2.24, 2.45) is 5.92 Å². The van der Waals surface area contributed by atoms with Gasteiger partial charge in [0.15, 0.2) is 0 Å². The van der Waals surface area contributed by atoms with E-state index in [4.69, 9.17) is 0 Å². The maximum absolute atomic E-state index is 13.2. The van der Waals surface area contributed by atoms with Gasteiger partial charge in [-0.05, 0) is 73.8 Å². The summed E-state index contributed by atoms with van der Waals surface area (Å²) in [4.78, 5) is 6.27. The van der Waals surface area contributed by atoms with E-state index >= 15 is 0 Å². The summed E-state index contributed by atoms with van der Waals surface area (Å²) in [6.07, 6.45) is 6.86. The highest BCUT2D eigenvalue weighted by Crippen LogP contribution is 2.41. The third kappa shape index (κ3) is 3.62. The second kappa shape index (κ2) is 8.19. The van der Waals surface area contributed by atoms with Crippen molar-refractivity contribution in [3.05, 3.63) is 72.4 Å². The maximum atomic E-state index is 13.2. The van der Waals surface area contributed by atoms with Gasteiger partial charge in [0.05, 0.1) is 10.6 Å². The number of hydrogen-bond acceptors (Lipinski definition) is 3. The van der Waals surface area contributed by atoms with Crippen LogP contribution in [0.15, 0.2) is 71.8 Å². The fourth-order valence-corrected chi connectivity index (χ4v) is 7.33. The minimum atomic E-state index is -3.46. The van der Waals surface area contributed by atoms with E-state index in [1.807, 2.05) is 30.3 Å². The van der Waals surface area contributed by atoms with Crippen molar-refractivity contribution in [1.82, 2.24) is 9.88 Å². The topological polar surface area (TPSA) is 56.4 Å². The number of rotatable bonds is 6. The van der Waals surface area contributed by atoms with Crippen LogP contribution in [0, 0.1) is 5.92 Å². The van der Waals surface area contributed by atoms with E-state index in [-0.39, 0.29) is 0 Å². The van der Waals surface area contributed by atoms with Crippen molar-refractivity contribution in [3.8, 4) is 0 Å². The third-order valence-corrected chi connectivity index (χ3v) is 9.36. The number of anilines is 1. The minimum absolute atomic E-state index is 0.451. The van der Waals surface area contributed by atoms with Crippen LogP contribution in [0.2, 0.25) is 0 Å². The first-order chi connectivity index (χ1) is 16.1. The average Bonchev–Trinajstić information content (AvgIpc) is 3.35. The van der Waals surface area contributed by atoms with Gasteiger partial charge in [-0.25, -0.2) is 8.42 Å². The molecule has 6 heteroatoms. The van der Waals surface area contributed by atoms with Gasteiger partial charge < -0.3 is 9.88 Å². The van der Waals surface area contributed by atoms with Gasteiger partial charge in [0, 0.05) is 35.6 Å². The Balaban J connectivity index is 1.06. The molecule has 170 valence electrons. The molecule has 3 aromatic carbocycles. The lowest BCUT2D eigenvalue weighted by Crippen LogP contribution is -2.40. The molecule has 0 aliphatic carbocycles. The van der Waals surface area contributed by atoms with Crippen LogP contribution in [-0.2, 0) is 16.4 Å². The molecule has 0 atom stereocenters. The SMILES string of the molecule is O=S1(=O)c2cccc3cccc(c23)N1CCN1CCC(CCc2c[nH]c3ccccc23)CC1. The highest BCUT2D eigenvalue weighted by Gasteiger charge is 2.35. The molecule has 1 aromatic heterocycles. The number of aromatic nitrogens is 1. The molecular weight excluding hydrogens is 430 g/mol. The van der Waals surface area contributed by atoms with E-state index in [0.29, 0.717) is 11.4 Å². The molecule has 5 nitrogen and oxygen atoms in total. The standard InChI is InChI=1S/C27H29N3O2S/c31-33(32)26-10-4-6-21-5-3-9-25(27(21)26)30(33)18-17-29-15-13-20(14-16-29)11-12-22-19-28-24-8-2-1-7-23(22)24/h1-10,19-20,28H,11-18H2. The van der Waals surface area contributed by atoms with Crippen molar-refractivity contribution in [1.29, 1.82) is 0 Å². The predicted octanol–water partition coefficient (Wildman–Crippen LogP) is 5.17. The molecule has 0 spiro atoms. The second-order valence-electron chi connectivity index (χ2n) is 9.39. The van der Waals surface area contributed by atoms with Gasteiger partial charge in [-0.2, -0.15) is 0 Å². The van der Waals surface area contributed by atoms with Crippen molar-refractivity contribution in [2.75, 3.05) is 30.5 Å². The molecule has 1 N–H and O–H groups in total. The van der Waals surface area contributed by atoms with Crippen molar-refractivity contribution in [3.63, 3.8) is 0 Å². The van der Waals surface area contributed by atoms with Crippen LogP contribution < -0.4 is 4.31 Å². The molecule has 6 rings (SSSR count). The Bertz CT molecular complexity index is 1410. The Labute approximate surface area is 195 Å². The van der Waals surface area contributed by atoms with Gasteiger partial charge >= 0.3 is 0 Å². The normalized spacial score (nSPS) is 18.5. The number of para-hydroxylation sites is 1. The third-order valence-electron chi connectivity index (χ3n) is 7.50. The van der Waals surface area contributed by atoms with Crippen molar-refractivity contribution >= 4 is 37.4 Å². The number of hydrogen-bond donors (Lipinski definition) is 1. The van der Waals surface area contributed by atoms with E-state index in [9.17, 15) is 8.42 Å².